The zero-order chi connectivity index (χ0) is 22.0. The standard InChI is InChI=1S/C23H26Cl2N4O2/c1-15-18(16(2)29(27-15)17-7-8-19(24)20(25)12-17)13-23(30)26-14-21(22-6-5-11-31-22)28-9-3-4-10-28/h5-8,11-12,21H,3-4,9-10,13-14H2,1-2H3,(H,26,30). The molecule has 31 heavy (non-hydrogen) atoms. The number of carbonyl (C=O) groups excluding carboxylic acids is 1. The van der Waals surface area contributed by atoms with Crippen molar-refractivity contribution in [2.45, 2.75) is 39.2 Å². The van der Waals surface area contributed by atoms with Crippen molar-refractivity contribution < 1.29 is 9.21 Å². The van der Waals surface area contributed by atoms with Gasteiger partial charge in [0.05, 0.1) is 40.2 Å². The summed E-state index contributed by atoms with van der Waals surface area (Å²) in [7, 11) is 0. The molecule has 0 saturated carbocycles. The first-order chi connectivity index (χ1) is 14.9. The van der Waals surface area contributed by atoms with Crippen molar-refractivity contribution in [2.24, 2.45) is 0 Å². The highest BCUT2D eigenvalue weighted by Crippen LogP contribution is 2.27. The first-order valence-corrected chi connectivity index (χ1v) is 11.2. The van der Waals surface area contributed by atoms with Crippen molar-refractivity contribution in [2.75, 3.05) is 19.6 Å². The van der Waals surface area contributed by atoms with Crippen LogP contribution in [0.25, 0.3) is 5.69 Å². The van der Waals surface area contributed by atoms with E-state index in [4.69, 9.17) is 27.6 Å². The SMILES string of the molecule is Cc1nn(-c2ccc(Cl)c(Cl)c2)c(C)c1CC(=O)NCC(c1ccco1)N1CCCC1. The van der Waals surface area contributed by atoms with Crippen LogP contribution < -0.4 is 5.32 Å². The molecule has 1 saturated heterocycles. The number of nitrogens with zero attached hydrogens (tertiary/aromatic N) is 3. The van der Waals surface area contributed by atoms with Gasteiger partial charge >= 0.3 is 0 Å². The minimum atomic E-state index is -0.0318. The molecule has 6 nitrogen and oxygen atoms in total. The molecule has 164 valence electrons. The van der Waals surface area contributed by atoms with E-state index in [2.05, 4.69) is 15.3 Å². The number of likely N-dealkylation sites (tertiary alicyclic amines) is 1. The molecule has 1 aromatic carbocycles. The van der Waals surface area contributed by atoms with Gasteiger partial charge in [0.25, 0.3) is 0 Å². The van der Waals surface area contributed by atoms with E-state index >= 15 is 0 Å². The highest BCUT2D eigenvalue weighted by Gasteiger charge is 2.26. The van der Waals surface area contributed by atoms with E-state index in [-0.39, 0.29) is 18.4 Å². The quantitative estimate of drug-likeness (QED) is 0.545. The summed E-state index contributed by atoms with van der Waals surface area (Å²) in [6.07, 6.45) is 4.31. The average Bonchev–Trinajstić information content (AvgIpc) is 3.50. The molecule has 1 atom stereocenters. The van der Waals surface area contributed by atoms with Crippen LogP contribution in [-0.2, 0) is 11.2 Å². The molecule has 2 aromatic heterocycles. The van der Waals surface area contributed by atoms with Crippen molar-refractivity contribution in [1.82, 2.24) is 20.0 Å². The lowest BCUT2D eigenvalue weighted by molar-refractivity contribution is -0.120. The molecule has 0 aliphatic carbocycles. The molecular weight excluding hydrogens is 435 g/mol. The van der Waals surface area contributed by atoms with E-state index < -0.39 is 0 Å². The molecule has 4 rings (SSSR count). The summed E-state index contributed by atoms with van der Waals surface area (Å²) in [6.45, 7) is 6.44. The molecule has 1 unspecified atom stereocenters. The Balaban J connectivity index is 1.46. The highest BCUT2D eigenvalue weighted by atomic mass is 35.5. The van der Waals surface area contributed by atoms with Gasteiger partial charge in [-0.05, 0) is 70.1 Å². The number of aryl methyl sites for hydroxylation is 1. The number of furan rings is 1. The van der Waals surface area contributed by atoms with Gasteiger partial charge in [-0.25, -0.2) is 4.68 Å². The van der Waals surface area contributed by atoms with Crippen molar-refractivity contribution in [3.8, 4) is 5.69 Å². The Morgan fingerprint density at radius 1 is 1.19 bits per heavy atom. The summed E-state index contributed by atoms with van der Waals surface area (Å²) < 4.78 is 7.44. The smallest absolute Gasteiger partial charge is 0.224 e. The fourth-order valence-corrected chi connectivity index (χ4v) is 4.47. The Hall–Kier alpha value is -2.28. The normalized spacial score (nSPS) is 15.4. The summed E-state index contributed by atoms with van der Waals surface area (Å²) in [6, 6.07) is 9.31. The predicted octanol–water partition coefficient (Wildman–Crippen LogP) is 4.88. The minimum Gasteiger partial charge on any atom is -0.468 e. The van der Waals surface area contributed by atoms with Gasteiger partial charge in [-0.3, -0.25) is 9.69 Å². The monoisotopic (exact) mass is 460 g/mol. The lowest BCUT2D eigenvalue weighted by atomic mass is 10.1. The summed E-state index contributed by atoms with van der Waals surface area (Å²) in [5.74, 6) is 0.859. The van der Waals surface area contributed by atoms with Crippen LogP contribution >= 0.6 is 23.2 Å². The Morgan fingerprint density at radius 3 is 2.65 bits per heavy atom. The number of hydrogen-bond donors (Lipinski definition) is 1. The maximum absolute atomic E-state index is 12.8. The van der Waals surface area contributed by atoms with Crippen LogP contribution in [-0.4, -0.2) is 40.2 Å². The highest BCUT2D eigenvalue weighted by molar-refractivity contribution is 6.42. The zero-order valence-electron chi connectivity index (χ0n) is 17.7. The summed E-state index contributed by atoms with van der Waals surface area (Å²) in [4.78, 5) is 15.2. The van der Waals surface area contributed by atoms with E-state index in [1.807, 2.05) is 32.0 Å². The number of amides is 1. The number of halogens is 2. The lowest BCUT2D eigenvalue weighted by Crippen LogP contribution is -2.37. The van der Waals surface area contributed by atoms with E-state index in [1.165, 1.54) is 12.8 Å². The topological polar surface area (TPSA) is 63.3 Å². The third-order valence-corrected chi connectivity index (χ3v) is 6.61. The van der Waals surface area contributed by atoms with Crippen molar-refractivity contribution >= 4 is 29.1 Å². The lowest BCUT2D eigenvalue weighted by Gasteiger charge is -2.26. The van der Waals surface area contributed by atoms with Gasteiger partial charge in [0, 0.05) is 17.8 Å². The van der Waals surface area contributed by atoms with Crippen molar-refractivity contribution in [3.63, 3.8) is 0 Å². The third-order valence-electron chi connectivity index (χ3n) is 5.87. The number of carbonyl (C=O) groups is 1. The van der Waals surface area contributed by atoms with Crippen LogP contribution in [0.1, 0.15) is 41.6 Å². The number of hydrogen-bond acceptors (Lipinski definition) is 4. The minimum absolute atomic E-state index is 0.0318. The van der Waals surface area contributed by atoms with Crippen LogP contribution in [0.3, 0.4) is 0 Å². The number of rotatable bonds is 7. The Bertz CT molecular complexity index is 1060. The number of aromatic nitrogens is 2. The van der Waals surface area contributed by atoms with Crippen molar-refractivity contribution in [3.05, 3.63) is 69.4 Å². The van der Waals surface area contributed by atoms with Gasteiger partial charge < -0.3 is 9.73 Å². The second-order valence-electron chi connectivity index (χ2n) is 7.91. The first-order valence-electron chi connectivity index (χ1n) is 10.5. The molecule has 0 spiro atoms. The van der Waals surface area contributed by atoms with Gasteiger partial charge in [-0.15, -0.1) is 0 Å². The molecule has 1 N–H and O–H groups in total. The third kappa shape index (κ3) is 4.81. The van der Waals surface area contributed by atoms with E-state index in [1.54, 1.807) is 23.1 Å². The molecule has 1 amide bonds. The molecule has 0 bridgehead atoms. The molecule has 8 heteroatoms. The fourth-order valence-electron chi connectivity index (χ4n) is 4.18. The van der Waals surface area contributed by atoms with E-state index in [0.29, 0.717) is 16.6 Å². The Morgan fingerprint density at radius 2 is 1.97 bits per heavy atom. The molecule has 1 aliphatic heterocycles. The molecular formula is C23H26Cl2N4O2. The average molecular weight is 461 g/mol. The van der Waals surface area contributed by atoms with E-state index in [9.17, 15) is 4.79 Å². The van der Waals surface area contributed by atoms with Gasteiger partial charge in [-0.2, -0.15) is 5.10 Å². The van der Waals surface area contributed by atoms with Crippen LogP contribution in [0.2, 0.25) is 10.0 Å². The van der Waals surface area contributed by atoms with Gasteiger partial charge in [0.15, 0.2) is 0 Å². The Labute approximate surface area is 192 Å². The van der Waals surface area contributed by atoms with Crippen molar-refractivity contribution in [1.29, 1.82) is 0 Å². The van der Waals surface area contributed by atoms with Crippen LogP contribution in [0.4, 0.5) is 0 Å². The second-order valence-corrected chi connectivity index (χ2v) is 8.73. The largest absolute Gasteiger partial charge is 0.468 e. The summed E-state index contributed by atoms with van der Waals surface area (Å²) in [5.41, 5.74) is 3.46. The molecule has 3 aromatic rings. The maximum atomic E-state index is 12.8. The molecule has 1 fully saturated rings. The van der Waals surface area contributed by atoms with Crippen LogP contribution in [0.5, 0.6) is 0 Å². The fraction of sp³-hybridized carbons (Fsp3) is 0.391. The van der Waals surface area contributed by atoms with Gasteiger partial charge in [-0.1, -0.05) is 23.2 Å². The molecule has 1 aliphatic rings. The number of benzene rings is 1. The molecule has 3 heterocycles. The second kappa shape index (κ2) is 9.47. The predicted molar refractivity (Wildman–Crippen MR) is 122 cm³/mol. The van der Waals surface area contributed by atoms with Gasteiger partial charge in [0.2, 0.25) is 5.91 Å². The summed E-state index contributed by atoms with van der Waals surface area (Å²) in [5, 5.41) is 8.68. The Kier molecular flexibility index (Phi) is 6.70. The first kappa shape index (κ1) is 21.9. The number of nitrogens with one attached hydrogen (secondary N) is 1. The zero-order valence-corrected chi connectivity index (χ0v) is 19.2. The summed E-state index contributed by atoms with van der Waals surface area (Å²) >= 11 is 12.2. The van der Waals surface area contributed by atoms with Crippen LogP contribution in [0.15, 0.2) is 41.0 Å². The van der Waals surface area contributed by atoms with Crippen LogP contribution in [0, 0.1) is 13.8 Å². The molecule has 0 radical (unpaired) electrons. The van der Waals surface area contributed by atoms with Gasteiger partial charge in [0.1, 0.15) is 5.76 Å². The maximum Gasteiger partial charge on any atom is 0.224 e. The van der Waals surface area contributed by atoms with E-state index in [0.717, 1.165) is 41.5 Å².